The van der Waals surface area contributed by atoms with Crippen molar-refractivity contribution in [3.05, 3.63) is 22.0 Å². The average molecular weight is 351 g/mol. The third-order valence-electron chi connectivity index (χ3n) is 4.37. The maximum atomic E-state index is 12.6. The molecule has 8 nitrogen and oxygen atoms in total. The van der Waals surface area contributed by atoms with Crippen molar-refractivity contribution in [1.29, 1.82) is 5.41 Å². The highest BCUT2D eigenvalue weighted by atomic mass is 35.5. The third-order valence-corrected chi connectivity index (χ3v) is 4.79. The molecule has 2 heterocycles. The van der Waals surface area contributed by atoms with Crippen LogP contribution < -0.4 is 11.3 Å². The number of carbonyl (C=O) groups is 1. The zero-order chi connectivity index (χ0) is 17.6. The minimum atomic E-state index is -1.08. The second-order valence-electron chi connectivity index (χ2n) is 6.05. The van der Waals surface area contributed by atoms with Crippen LogP contribution in [0.3, 0.4) is 0 Å². The summed E-state index contributed by atoms with van der Waals surface area (Å²) in [5.41, 5.74) is 6.43. The summed E-state index contributed by atoms with van der Waals surface area (Å²) < 4.78 is 3.29. The van der Waals surface area contributed by atoms with E-state index in [2.05, 4.69) is 9.89 Å². The molecule has 0 saturated heterocycles. The molecule has 1 aliphatic heterocycles. The van der Waals surface area contributed by atoms with Crippen molar-refractivity contribution in [2.24, 2.45) is 4.99 Å². The molecule has 0 spiro atoms. The van der Waals surface area contributed by atoms with Gasteiger partial charge in [0.25, 0.3) is 5.56 Å². The van der Waals surface area contributed by atoms with E-state index in [1.807, 2.05) is 7.05 Å². The van der Waals surface area contributed by atoms with Gasteiger partial charge < -0.3 is 16.0 Å². The molecule has 24 heavy (non-hydrogen) atoms. The Morgan fingerprint density at radius 1 is 1.25 bits per heavy atom. The van der Waals surface area contributed by atoms with Crippen molar-refractivity contribution in [1.82, 2.24) is 14.3 Å². The number of hydrogen-bond donors (Lipinski definition) is 2. The van der Waals surface area contributed by atoms with Crippen molar-refractivity contribution < 1.29 is 4.79 Å². The third kappa shape index (κ3) is 2.61. The lowest BCUT2D eigenvalue weighted by Gasteiger charge is -2.16. The Labute approximate surface area is 143 Å². The van der Waals surface area contributed by atoms with E-state index in [-0.39, 0.29) is 34.3 Å². The van der Waals surface area contributed by atoms with Crippen molar-refractivity contribution in [2.75, 3.05) is 25.9 Å². The molecule has 0 amide bonds. The normalized spacial score (nSPS) is 24.0. The highest BCUT2D eigenvalue weighted by molar-refractivity contribution is 6.63. The first-order valence-electron chi connectivity index (χ1n) is 7.63. The Morgan fingerprint density at radius 3 is 2.54 bits per heavy atom. The molecule has 0 saturated carbocycles. The molecule has 0 radical (unpaired) electrons. The van der Waals surface area contributed by atoms with Gasteiger partial charge in [-0.3, -0.25) is 14.3 Å². The van der Waals surface area contributed by atoms with Gasteiger partial charge in [-0.25, -0.2) is 9.67 Å². The van der Waals surface area contributed by atoms with Gasteiger partial charge in [-0.05, 0) is 25.6 Å². The van der Waals surface area contributed by atoms with Crippen LogP contribution in [0.25, 0.3) is 0 Å². The second kappa shape index (κ2) is 6.03. The quantitative estimate of drug-likeness (QED) is 0.714. The molecule has 128 valence electrons. The van der Waals surface area contributed by atoms with Crippen LogP contribution >= 0.6 is 11.6 Å². The zero-order valence-electron chi connectivity index (χ0n) is 13.5. The van der Waals surface area contributed by atoms with Crippen LogP contribution in [0.5, 0.6) is 0 Å². The molecule has 0 aromatic carbocycles. The largest absolute Gasteiger partial charge is 0.382 e. The predicted octanol–water partition coefficient (Wildman–Crippen LogP) is 0.406. The SMILES string of the molecule is CC1=CC(=Nc2c(N)n3n(c2=O)CCN(C)CC3)C(=N)C(Cl)C1=O. The maximum absolute atomic E-state index is 12.6. The minimum Gasteiger partial charge on any atom is -0.382 e. The number of carbonyl (C=O) groups excluding carboxylic acids is 1. The monoisotopic (exact) mass is 350 g/mol. The predicted molar refractivity (Wildman–Crippen MR) is 93.8 cm³/mol. The number of allylic oxidation sites excluding steroid dienone is 2. The fourth-order valence-corrected chi connectivity index (χ4v) is 3.12. The van der Waals surface area contributed by atoms with Gasteiger partial charge >= 0.3 is 0 Å². The minimum absolute atomic E-state index is 0.0987. The Hall–Kier alpha value is -2.19. The number of likely N-dealkylation sites (N-methyl/N-ethyl adjacent to an activating group) is 1. The number of fused-ring (bicyclic) bond motifs is 1. The first-order chi connectivity index (χ1) is 11.3. The number of aliphatic imine (C=N–C) groups is 1. The number of halogens is 1. The molecule has 2 aliphatic rings. The number of alkyl halides is 1. The number of nitrogen functional groups attached to an aromatic ring is 1. The van der Waals surface area contributed by atoms with Gasteiger partial charge in [0.05, 0.1) is 24.5 Å². The molecule has 1 unspecified atom stereocenters. The second-order valence-corrected chi connectivity index (χ2v) is 6.49. The lowest BCUT2D eigenvalue weighted by Crippen LogP contribution is -2.35. The van der Waals surface area contributed by atoms with Crippen LogP contribution in [0.1, 0.15) is 6.92 Å². The number of hydrogen-bond acceptors (Lipinski definition) is 6. The van der Waals surface area contributed by atoms with Crippen LogP contribution in [-0.2, 0) is 17.9 Å². The standard InChI is InChI=1S/C15H19ClN6O2/c1-8-7-9(11(17)10(16)13(8)23)19-12-14(18)21-5-3-20(2)4-6-22(21)15(12)24/h7,10,17H,3-6,18H2,1-2H3. The summed E-state index contributed by atoms with van der Waals surface area (Å²) >= 11 is 5.97. The molecule has 0 bridgehead atoms. The summed E-state index contributed by atoms with van der Waals surface area (Å²) in [6.45, 7) is 4.24. The molecular formula is C15H19ClN6O2. The number of anilines is 1. The maximum Gasteiger partial charge on any atom is 0.294 e. The molecule has 3 N–H and O–H groups in total. The summed E-state index contributed by atoms with van der Waals surface area (Å²) in [6.07, 6.45) is 1.48. The number of Topliss-reactive ketones (excluding diaryl/α,β-unsaturated/α-hetero) is 1. The van der Waals surface area contributed by atoms with Gasteiger partial charge in [-0.15, -0.1) is 11.6 Å². The number of aromatic nitrogens is 2. The highest BCUT2D eigenvalue weighted by Crippen LogP contribution is 2.23. The Kier molecular flexibility index (Phi) is 4.18. The summed E-state index contributed by atoms with van der Waals surface area (Å²) in [7, 11) is 1.99. The van der Waals surface area contributed by atoms with Crippen molar-refractivity contribution in [3.63, 3.8) is 0 Å². The highest BCUT2D eigenvalue weighted by Gasteiger charge is 2.30. The van der Waals surface area contributed by atoms with E-state index in [0.29, 0.717) is 18.7 Å². The molecule has 1 aromatic heterocycles. The average Bonchev–Trinajstić information content (AvgIpc) is 2.69. The first kappa shape index (κ1) is 16.7. The molecule has 0 fully saturated rings. The van der Waals surface area contributed by atoms with Gasteiger partial charge in [0, 0.05) is 13.1 Å². The van der Waals surface area contributed by atoms with Crippen LogP contribution in [0, 0.1) is 5.41 Å². The number of rotatable bonds is 1. The number of ketones is 1. The fourth-order valence-electron chi connectivity index (χ4n) is 2.83. The van der Waals surface area contributed by atoms with E-state index in [1.165, 1.54) is 6.08 Å². The van der Waals surface area contributed by atoms with Crippen LogP contribution in [0.15, 0.2) is 21.4 Å². The Morgan fingerprint density at radius 2 is 1.88 bits per heavy atom. The fraction of sp³-hybridized carbons (Fsp3) is 0.467. The first-order valence-corrected chi connectivity index (χ1v) is 8.06. The summed E-state index contributed by atoms with van der Waals surface area (Å²) in [4.78, 5) is 30.8. The van der Waals surface area contributed by atoms with E-state index in [9.17, 15) is 9.59 Å². The van der Waals surface area contributed by atoms with Gasteiger partial charge in [0.2, 0.25) is 0 Å². The van der Waals surface area contributed by atoms with Gasteiger partial charge in [-0.2, -0.15) is 0 Å². The van der Waals surface area contributed by atoms with Gasteiger partial charge in [-0.1, -0.05) is 0 Å². The van der Waals surface area contributed by atoms with Crippen molar-refractivity contribution in [2.45, 2.75) is 25.4 Å². The smallest absolute Gasteiger partial charge is 0.294 e. The van der Waals surface area contributed by atoms with Crippen LogP contribution in [0.4, 0.5) is 11.5 Å². The van der Waals surface area contributed by atoms with E-state index in [4.69, 9.17) is 22.7 Å². The Bertz CT molecular complexity index is 847. The van der Waals surface area contributed by atoms with E-state index in [0.717, 1.165) is 13.1 Å². The lowest BCUT2D eigenvalue weighted by molar-refractivity contribution is -0.114. The molecule has 1 aliphatic carbocycles. The molecule has 1 atom stereocenters. The van der Waals surface area contributed by atoms with Crippen LogP contribution in [0.2, 0.25) is 0 Å². The van der Waals surface area contributed by atoms with E-state index >= 15 is 0 Å². The van der Waals surface area contributed by atoms with Gasteiger partial charge in [0.15, 0.2) is 17.3 Å². The lowest BCUT2D eigenvalue weighted by atomic mass is 9.95. The number of nitrogens with zero attached hydrogens (tertiary/aromatic N) is 4. The Balaban J connectivity index is 2.09. The topological polar surface area (TPSA) is 109 Å². The summed E-state index contributed by atoms with van der Waals surface area (Å²) in [6, 6.07) is 0. The zero-order valence-corrected chi connectivity index (χ0v) is 14.3. The summed E-state index contributed by atoms with van der Waals surface area (Å²) in [5, 5.41) is 6.92. The number of nitrogens with two attached hydrogens (primary N) is 1. The summed E-state index contributed by atoms with van der Waals surface area (Å²) in [5.74, 6) is -0.0503. The molecule has 3 rings (SSSR count). The molecule has 1 aromatic rings. The van der Waals surface area contributed by atoms with E-state index in [1.54, 1.807) is 16.3 Å². The van der Waals surface area contributed by atoms with Crippen LogP contribution in [-0.4, -0.2) is 57.0 Å². The van der Waals surface area contributed by atoms with Crippen molar-refractivity contribution in [3.8, 4) is 0 Å². The van der Waals surface area contributed by atoms with Crippen molar-refractivity contribution >= 4 is 40.3 Å². The van der Waals surface area contributed by atoms with Gasteiger partial charge in [0.1, 0.15) is 5.38 Å². The van der Waals surface area contributed by atoms with E-state index < -0.39 is 5.38 Å². The molecule has 9 heteroatoms. The molecular weight excluding hydrogens is 332 g/mol. The number of nitrogens with one attached hydrogen (secondary N) is 1.